The van der Waals surface area contributed by atoms with Gasteiger partial charge in [0, 0.05) is 17.7 Å². The molecule has 0 saturated carbocycles. The summed E-state index contributed by atoms with van der Waals surface area (Å²) in [6.45, 7) is 4.58. The quantitative estimate of drug-likeness (QED) is 0.526. The van der Waals surface area contributed by atoms with Crippen LogP contribution in [0.1, 0.15) is 16.7 Å². The molecule has 0 atom stereocenters. The van der Waals surface area contributed by atoms with Crippen LogP contribution in [0.2, 0.25) is 0 Å². The fourth-order valence-electron chi connectivity index (χ4n) is 3.05. The van der Waals surface area contributed by atoms with Gasteiger partial charge in [0.25, 0.3) is 0 Å². The highest BCUT2D eigenvalue weighted by Gasteiger charge is 2.16. The van der Waals surface area contributed by atoms with Gasteiger partial charge in [-0.15, -0.1) is 5.10 Å². The molecule has 28 heavy (non-hydrogen) atoms. The lowest BCUT2D eigenvalue weighted by atomic mass is 10.1. The van der Waals surface area contributed by atoms with Crippen molar-refractivity contribution in [1.82, 2.24) is 15.0 Å². The number of rotatable bonds is 5. The van der Waals surface area contributed by atoms with E-state index in [-0.39, 0.29) is 5.75 Å². The van der Waals surface area contributed by atoms with Crippen molar-refractivity contribution in [3.05, 3.63) is 89.5 Å². The Kier molecular flexibility index (Phi) is 4.81. The van der Waals surface area contributed by atoms with Crippen molar-refractivity contribution in [2.45, 2.75) is 20.4 Å². The molecule has 0 amide bonds. The fraction of sp³-hybridized carbons (Fsp3) is 0.130. The maximum absolute atomic E-state index is 10.1. The molecule has 140 valence electrons. The number of aryl methyl sites for hydroxylation is 2. The Balaban J connectivity index is 1.75. The van der Waals surface area contributed by atoms with Crippen LogP contribution in [0.3, 0.4) is 0 Å². The molecule has 0 spiro atoms. The molecule has 0 aliphatic rings. The maximum atomic E-state index is 10.1. The van der Waals surface area contributed by atoms with Crippen molar-refractivity contribution in [2.24, 2.45) is 0 Å². The second-order valence-corrected chi connectivity index (χ2v) is 6.88. The number of aromatic hydroxyl groups is 1. The van der Waals surface area contributed by atoms with Gasteiger partial charge in [0.2, 0.25) is 0 Å². The van der Waals surface area contributed by atoms with Crippen molar-refractivity contribution < 1.29 is 5.11 Å². The Morgan fingerprint density at radius 3 is 2.18 bits per heavy atom. The van der Waals surface area contributed by atoms with Gasteiger partial charge in [-0.1, -0.05) is 70.9 Å². The van der Waals surface area contributed by atoms with E-state index in [4.69, 9.17) is 0 Å². The van der Waals surface area contributed by atoms with E-state index in [0.717, 1.165) is 28.3 Å². The second kappa shape index (κ2) is 7.56. The van der Waals surface area contributed by atoms with Crippen LogP contribution in [0.15, 0.2) is 72.8 Å². The molecule has 0 radical (unpaired) electrons. The predicted octanol–water partition coefficient (Wildman–Crippen LogP) is 4.87. The highest BCUT2D eigenvalue weighted by atomic mass is 16.3. The van der Waals surface area contributed by atoms with Gasteiger partial charge >= 0.3 is 0 Å². The Morgan fingerprint density at radius 2 is 1.50 bits per heavy atom. The fourth-order valence-corrected chi connectivity index (χ4v) is 3.05. The lowest BCUT2D eigenvalue weighted by molar-refractivity contribution is 0.469. The summed E-state index contributed by atoms with van der Waals surface area (Å²) in [6, 6.07) is 23.7. The summed E-state index contributed by atoms with van der Waals surface area (Å²) in [4.78, 5) is 0. The molecular formula is C23H22N4O. The molecule has 0 aliphatic carbocycles. The first-order chi connectivity index (χ1) is 13.6. The first kappa shape index (κ1) is 17.8. The van der Waals surface area contributed by atoms with E-state index in [2.05, 4.69) is 53.7 Å². The van der Waals surface area contributed by atoms with Crippen LogP contribution >= 0.6 is 0 Å². The van der Waals surface area contributed by atoms with E-state index in [1.165, 1.54) is 11.1 Å². The normalized spacial score (nSPS) is 10.8. The van der Waals surface area contributed by atoms with Crippen LogP contribution in [0.4, 0.5) is 5.82 Å². The number of benzene rings is 3. The minimum atomic E-state index is 0.265. The number of nitrogens with one attached hydrogen (secondary N) is 1. The molecule has 0 bridgehead atoms. The van der Waals surface area contributed by atoms with Gasteiger partial charge < -0.3 is 10.4 Å². The van der Waals surface area contributed by atoms with E-state index in [9.17, 15) is 5.11 Å². The molecule has 5 nitrogen and oxygen atoms in total. The Morgan fingerprint density at radius 1 is 0.857 bits per heavy atom. The van der Waals surface area contributed by atoms with E-state index in [1.54, 1.807) is 10.7 Å². The van der Waals surface area contributed by atoms with Gasteiger partial charge in [-0.2, -0.15) is 4.68 Å². The smallest absolute Gasteiger partial charge is 0.158 e. The van der Waals surface area contributed by atoms with Crippen molar-refractivity contribution >= 4 is 5.82 Å². The largest absolute Gasteiger partial charge is 0.508 e. The zero-order chi connectivity index (χ0) is 19.5. The molecule has 0 saturated heterocycles. The highest BCUT2D eigenvalue weighted by molar-refractivity contribution is 5.73. The third-order valence-corrected chi connectivity index (χ3v) is 4.71. The molecule has 4 aromatic rings. The lowest BCUT2D eigenvalue weighted by Crippen LogP contribution is -2.07. The molecular weight excluding hydrogens is 348 g/mol. The van der Waals surface area contributed by atoms with E-state index < -0.39 is 0 Å². The van der Waals surface area contributed by atoms with Gasteiger partial charge in [0.1, 0.15) is 11.4 Å². The summed E-state index contributed by atoms with van der Waals surface area (Å²) in [5.41, 5.74) is 5.88. The minimum Gasteiger partial charge on any atom is -0.508 e. The number of aromatic nitrogens is 3. The molecule has 4 rings (SSSR count). The number of anilines is 1. The number of phenolic OH excluding ortho intramolecular Hbond substituents is 1. The van der Waals surface area contributed by atoms with Crippen LogP contribution < -0.4 is 5.32 Å². The van der Waals surface area contributed by atoms with Crippen molar-refractivity contribution in [3.63, 3.8) is 0 Å². The topological polar surface area (TPSA) is 63.0 Å². The summed E-state index contributed by atoms with van der Waals surface area (Å²) in [5.74, 6) is 1.05. The average Bonchev–Trinajstić information content (AvgIpc) is 3.12. The van der Waals surface area contributed by atoms with Crippen molar-refractivity contribution in [2.75, 3.05) is 5.32 Å². The maximum Gasteiger partial charge on any atom is 0.158 e. The molecule has 0 unspecified atom stereocenters. The van der Waals surface area contributed by atoms with Crippen LogP contribution in [-0.2, 0) is 6.54 Å². The van der Waals surface area contributed by atoms with Crippen LogP contribution in [0.25, 0.3) is 16.9 Å². The first-order valence-electron chi connectivity index (χ1n) is 9.22. The third-order valence-electron chi connectivity index (χ3n) is 4.71. The van der Waals surface area contributed by atoms with E-state index in [0.29, 0.717) is 6.54 Å². The van der Waals surface area contributed by atoms with E-state index >= 15 is 0 Å². The number of phenols is 1. The van der Waals surface area contributed by atoms with Gasteiger partial charge in [-0.05, 0) is 32.0 Å². The monoisotopic (exact) mass is 370 g/mol. The summed E-state index contributed by atoms with van der Waals surface area (Å²) in [6.07, 6.45) is 0. The van der Waals surface area contributed by atoms with Gasteiger partial charge in [0.05, 0.1) is 5.69 Å². The number of hydrogen-bond donors (Lipinski definition) is 2. The second-order valence-electron chi connectivity index (χ2n) is 6.88. The molecule has 1 heterocycles. The average molecular weight is 370 g/mol. The summed E-state index contributed by atoms with van der Waals surface area (Å²) < 4.78 is 1.80. The third kappa shape index (κ3) is 3.60. The Labute approximate surface area is 164 Å². The predicted molar refractivity (Wildman–Crippen MR) is 112 cm³/mol. The Bertz CT molecular complexity index is 1020. The summed E-state index contributed by atoms with van der Waals surface area (Å²) >= 11 is 0. The zero-order valence-electron chi connectivity index (χ0n) is 15.9. The van der Waals surface area contributed by atoms with Gasteiger partial charge in [0.15, 0.2) is 5.82 Å². The lowest BCUT2D eigenvalue weighted by Gasteiger charge is -2.12. The molecule has 0 fully saturated rings. The van der Waals surface area contributed by atoms with Crippen molar-refractivity contribution in [1.29, 1.82) is 0 Å². The SMILES string of the molecule is Cc1ccc(-c2nnn(-c3ccc(C)cc3)c2NCc2ccccc2O)cc1. The first-order valence-corrected chi connectivity index (χ1v) is 9.22. The number of hydrogen-bond acceptors (Lipinski definition) is 4. The molecule has 1 aromatic heterocycles. The van der Waals surface area contributed by atoms with E-state index in [1.807, 2.05) is 42.5 Å². The Hall–Kier alpha value is -3.60. The molecule has 2 N–H and O–H groups in total. The zero-order valence-corrected chi connectivity index (χ0v) is 15.9. The minimum absolute atomic E-state index is 0.265. The standard InChI is InChI=1S/C23H22N4O/c1-16-7-11-18(12-8-16)22-23(24-15-19-5-3-4-6-21(19)28)27(26-25-22)20-13-9-17(2)10-14-20/h3-14,24,28H,15H2,1-2H3. The van der Waals surface area contributed by atoms with Crippen molar-refractivity contribution in [3.8, 4) is 22.7 Å². The summed E-state index contributed by atoms with van der Waals surface area (Å²) in [5, 5.41) is 22.3. The van der Waals surface area contributed by atoms with Gasteiger partial charge in [-0.3, -0.25) is 0 Å². The summed E-state index contributed by atoms with van der Waals surface area (Å²) in [7, 11) is 0. The van der Waals surface area contributed by atoms with Crippen LogP contribution in [-0.4, -0.2) is 20.1 Å². The molecule has 5 heteroatoms. The number of para-hydroxylation sites is 1. The van der Waals surface area contributed by atoms with Gasteiger partial charge in [-0.25, -0.2) is 0 Å². The van der Waals surface area contributed by atoms with Crippen LogP contribution in [0, 0.1) is 13.8 Å². The molecule has 0 aliphatic heterocycles. The number of nitrogens with zero attached hydrogens (tertiary/aromatic N) is 3. The van der Waals surface area contributed by atoms with Crippen LogP contribution in [0.5, 0.6) is 5.75 Å². The highest BCUT2D eigenvalue weighted by Crippen LogP contribution is 2.29. The molecule has 3 aromatic carbocycles.